The van der Waals surface area contributed by atoms with E-state index in [1.807, 2.05) is 0 Å². The predicted molar refractivity (Wildman–Crippen MR) is 50.5 cm³/mol. The van der Waals surface area contributed by atoms with Crippen LogP contribution in [0.4, 0.5) is 0 Å². The molecule has 0 spiro atoms. The van der Waals surface area contributed by atoms with E-state index in [0.29, 0.717) is 6.04 Å². The molecule has 7 nitrogen and oxygen atoms in total. The molecule has 0 aromatic rings. The van der Waals surface area contributed by atoms with Crippen LogP contribution in [0.25, 0.3) is 0 Å². The molecule has 1 aliphatic rings. The van der Waals surface area contributed by atoms with E-state index >= 15 is 0 Å². The Labute approximate surface area is 78.2 Å². The number of nitrogens with one attached hydrogen (secondary N) is 2. The van der Waals surface area contributed by atoms with Crippen molar-refractivity contribution in [3.8, 4) is 0 Å². The Kier molecular flexibility index (Phi) is 6.12. The Morgan fingerprint density at radius 2 is 1.62 bits per heavy atom. The summed E-state index contributed by atoms with van der Waals surface area (Å²) in [6.07, 6.45) is 2.33. The molecule has 8 heteroatoms. The molecule has 1 saturated heterocycles. The molecule has 13 heavy (non-hydrogen) atoms. The molecular weight excluding hydrogens is 194 g/mol. The van der Waals surface area contributed by atoms with Crippen LogP contribution in [0.5, 0.6) is 0 Å². The van der Waals surface area contributed by atoms with Crippen molar-refractivity contribution in [3.05, 3.63) is 0 Å². The van der Waals surface area contributed by atoms with E-state index in [0.717, 1.165) is 25.9 Å². The minimum absolute atomic E-state index is 0.552. The zero-order chi connectivity index (χ0) is 10.3. The van der Waals surface area contributed by atoms with Crippen LogP contribution in [0, 0.1) is 0 Å². The number of nitrogens with two attached hydrogens (primary N) is 3. The van der Waals surface area contributed by atoms with Gasteiger partial charge in [0.05, 0.1) is 0 Å². The average molecular weight is 211 g/mol. The topological polar surface area (TPSA) is 136 Å². The Hall–Kier alpha value is -0.250. The van der Waals surface area contributed by atoms with E-state index in [-0.39, 0.29) is 0 Å². The summed E-state index contributed by atoms with van der Waals surface area (Å²) in [6, 6.07) is 0.552. The first-order valence-electron chi connectivity index (χ1n) is 3.91. The zero-order valence-electron chi connectivity index (χ0n) is 7.36. The summed E-state index contributed by atoms with van der Waals surface area (Å²) < 4.78 is 18.4. The quantitative estimate of drug-likeness (QED) is 0.238. The van der Waals surface area contributed by atoms with Crippen molar-refractivity contribution in [1.29, 1.82) is 0 Å². The minimum atomic E-state index is -3.67. The Bertz CT molecular complexity index is 203. The van der Waals surface area contributed by atoms with Gasteiger partial charge in [0.1, 0.15) is 0 Å². The van der Waals surface area contributed by atoms with E-state index in [1.165, 1.54) is 0 Å². The third-order valence-electron chi connectivity index (χ3n) is 1.57. The number of piperidine rings is 1. The Morgan fingerprint density at radius 3 is 1.85 bits per heavy atom. The van der Waals surface area contributed by atoms with Crippen molar-refractivity contribution in [2.45, 2.75) is 18.9 Å². The molecule has 0 aliphatic carbocycles. The van der Waals surface area contributed by atoms with Gasteiger partial charge in [0.15, 0.2) is 0 Å². The van der Waals surface area contributed by atoms with Crippen LogP contribution in [0.1, 0.15) is 12.8 Å². The lowest BCUT2D eigenvalue weighted by Crippen LogP contribution is -2.43. The summed E-state index contributed by atoms with van der Waals surface area (Å²) >= 11 is 0. The van der Waals surface area contributed by atoms with Gasteiger partial charge < -0.3 is 5.32 Å². The number of hydrazine groups is 1. The van der Waals surface area contributed by atoms with Crippen LogP contribution < -0.4 is 26.9 Å². The van der Waals surface area contributed by atoms with Crippen LogP contribution in [-0.4, -0.2) is 27.5 Å². The van der Waals surface area contributed by atoms with Gasteiger partial charge in [-0.15, -0.1) is 0 Å². The van der Waals surface area contributed by atoms with Gasteiger partial charge in [-0.3, -0.25) is 11.3 Å². The van der Waals surface area contributed by atoms with Gasteiger partial charge in [0, 0.05) is 6.04 Å². The first kappa shape index (κ1) is 12.8. The van der Waals surface area contributed by atoms with Crippen molar-refractivity contribution >= 4 is 10.2 Å². The predicted octanol–water partition coefficient (Wildman–Crippen LogP) is -2.65. The summed E-state index contributed by atoms with van der Waals surface area (Å²) in [4.78, 5) is 0. The molecular formula is C5H17N5O2S. The fourth-order valence-electron chi connectivity index (χ4n) is 0.989. The molecule has 1 heterocycles. The fraction of sp³-hybridized carbons (Fsp3) is 1.00. The lowest BCUT2D eigenvalue weighted by Gasteiger charge is -2.20. The summed E-state index contributed by atoms with van der Waals surface area (Å²) in [7, 11) is -3.67. The third kappa shape index (κ3) is 11.8. The summed E-state index contributed by atoms with van der Waals surface area (Å²) in [5.74, 6) is 5.23. The highest BCUT2D eigenvalue weighted by Gasteiger charge is 2.08. The first-order valence-corrected chi connectivity index (χ1v) is 5.52. The normalized spacial score (nSPS) is 19.0. The Balaban J connectivity index is 0.000000252. The molecule has 0 saturated carbocycles. The third-order valence-corrected chi connectivity index (χ3v) is 1.57. The zero-order valence-corrected chi connectivity index (χ0v) is 8.18. The Morgan fingerprint density at radius 1 is 1.23 bits per heavy atom. The molecule has 0 bridgehead atoms. The minimum Gasteiger partial charge on any atom is -0.317 e. The van der Waals surface area contributed by atoms with E-state index in [4.69, 9.17) is 5.84 Å². The maximum atomic E-state index is 9.19. The first-order chi connectivity index (χ1) is 5.93. The molecule has 0 amide bonds. The highest BCUT2D eigenvalue weighted by atomic mass is 32.2. The summed E-state index contributed by atoms with van der Waals surface area (Å²) in [5.41, 5.74) is 2.76. The maximum absolute atomic E-state index is 9.19. The molecule has 1 aliphatic heterocycles. The molecule has 0 radical (unpaired) electrons. The van der Waals surface area contributed by atoms with Gasteiger partial charge in [0.2, 0.25) is 0 Å². The van der Waals surface area contributed by atoms with Crippen molar-refractivity contribution in [3.63, 3.8) is 0 Å². The molecule has 8 N–H and O–H groups in total. The van der Waals surface area contributed by atoms with Crippen molar-refractivity contribution < 1.29 is 8.42 Å². The molecule has 1 rings (SSSR count). The highest BCUT2D eigenvalue weighted by Crippen LogP contribution is 1.98. The SMILES string of the molecule is NNC1CCNCC1.NS(N)(=O)=O. The largest absolute Gasteiger partial charge is 0.317 e. The number of hydrogen-bond donors (Lipinski definition) is 5. The van der Waals surface area contributed by atoms with Gasteiger partial charge in [0.25, 0.3) is 10.2 Å². The van der Waals surface area contributed by atoms with Crippen LogP contribution in [0.2, 0.25) is 0 Å². The van der Waals surface area contributed by atoms with Crippen molar-refractivity contribution in [1.82, 2.24) is 10.7 Å². The van der Waals surface area contributed by atoms with Gasteiger partial charge in [-0.25, -0.2) is 10.3 Å². The molecule has 80 valence electrons. The molecule has 1 fully saturated rings. The monoisotopic (exact) mass is 211 g/mol. The summed E-state index contributed by atoms with van der Waals surface area (Å²) in [5, 5.41) is 11.5. The summed E-state index contributed by atoms with van der Waals surface area (Å²) in [6.45, 7) is 2.21. The second-order valence-electron chi connectivity index (χ2n) is 2.78. The van der Waals surface area contributed by atoms with Crippen molar-refractivity contribution in [2.24, 2.45) is 16.1 Å². The second kappa shape index (κ2) is 6.24. The maximum Gasteiger partial charge on any atom is 0.271 e. The molecule has 0 unspecified atom stereocenters. The van der Waals surface area contributed by atoms with Gasteiger partial charge in [-0.2, -0.15) is 8.42 Å². The lowest BCUT2D eigenvalue weighted by atomic mass is 10.1. The van der Waals surface area contributed by atoms with Gasteiger partial charge >= 0.3 is 0 Å². The number of hydrogen-bond acceptors (Lipinski definition) is 5. The van der Waals surface area contributed by atoms with E-state index < -0.39 is 10.2 Å². The average Bonchev–Trinajstić information content (AvgIpc) is 2.03. The fourth-order valence-corrected chi connectivity index (χ4v) is 0.989. The van der Waals surface area contributed by atoms with E-state index in [2.05, 4.69) is 21.0 Å². The van der Waals surface area contributed by atoms with E-state index in [1.54, 1.807) is 0 Å². The molecule has 0 aromatic heterocycles. The van der Waals surface area contributed by atoms with Gasteiger partial charge in [-0.1, -0.05) is 0 Å². The van der Waals surface area contributed by atoms with E-state index in [9.17, 15) is 8.42 Å². The highest BCUT2D eigenvalue weighted by molar-refractivity contribution is 7.86. The molecule has 0 aromatic carbocycles. The number of rotatable bonds is 1. The molecule has 0 atom stereocenters. The lowest BCUT2D eigenvalue weighted by molar-refractivity contribution is 0.394. The standard InChI is InChI=1S/C5H13N3.H4N2O2S/c6-8-5-1-3-7-4-2-5;1-5(2,3)4/h5,7-8H,1-4,6H2;(H4,1,2,3,4). The van der Waals surface area contributed by atoms with Gasteiger partial charge in [-0.05, 0) is 25.9 Å². The van der Waals surface area contributed by atoms with Crippen LogP contribution in [0.15, 0.2) is 0 Å². The smallest absolute Gasteiger partial charge is 0.271 e. The van der Waals surface area contributed by atoms with Crippen molar-refractivity contribution in [2.75, 3.05) is 13.1 Å². The second-order valence-corrected chi connectivity index (χ2v) is 3.96. The van der Waals surface area contributed by atoms with Crippen LogP contribution in [0.3, 0.4) is 0 Å². The van der Waals surface area contributed by atoms with Crippen LogP contribution in [-0.2, 0) is 10.2 Å². The van der Waals surface area contributed by atoms with Crippen LogP contribution >= 0.6 is 0 Å².